The Hall–Kier alpha value is -1.73. The van der Waals surface area contributed by atoms with Gasteiger partial charge in [0.15, 0.2) is 0 Å². The van der Waals surface area contributed by atoms with Gasteiger partial charge in [-0.15, -0.1) is 0 Å². The van der Waals surface area contributed by atoms with Gasteiger partial charge in [0.1, 0.15) is 5.69 Å². The lowest BCUT2D eigenvalue weighted by atomic mass is 10.2. The number of nitrogens with zero attached hydrogens (tertiary/aromatic N) is 2. The predicted molar refractivity (Wildman–Crippen MR) is 51.6 cm³/mol. The largest absolute Gasteiger partial charge is 0.294 e. The Morgan fingerprint density at radius 1 is 1.20 bits per heavy atom. The summed E-state index contributed by atoms with van der Waals surface area (Å²) in [4.78, 5) is -0.144. The van der Waals surface area contributed by atoms with E-state index in [1.165, 1.54) is 18.3 Å². The van der Waals surface area contributed by atoms with Gasteiger partial charge in [0.25, 0.3) is 10.1 Å². The van der Waals surface area contributed by atoms with Gasteiger partial charge < -0.3 is 0 Å². The summed E-state index contributed by atoms with van der Waals surface area (Å²) in [6.45, 7) is 0. The Kier molecular flexibility index (Phi) is 2.25. The highest BCUT2D eigenvalue weighted by Gasteiger charge is 2.09. The first-order valence-electron chi connectivity index (χ1n) is 4.01. The van der Waals surface area contributed by atoms with Crippen molar-refractivity contribution >= 4 is 10.1 Å². The minimum absolute atomic E-state index is 0.144. The molecule has 2 rings (SSSR count). The molecule has 0 amide bonds. The van der Waals surface area contributed by atoms with Gasteiger partial charge in [-0.25, -0.2) is 0 Å². The van der Waals surface area contributed by atoms with Crippen LogP contribution in [0, 0.1) is 0 Å². The molecule has 1 aromatic heterocycles. The first-order chi connectivity index (χ1) is 7.07. The molecule has 0 radical (unpaired) electrons. The van der Waals surface area contributed by atoms with Crippen LogP contribution in [0.15, 0.2) is 35.4 Å². The van der Waals surface area contributed by atoms with E-state index in [-0.39, 0.29) is 4.90 Å². The van der Waals surface area contributed by atoms with Gasteiger partial charge >= 0.3 is 0 Å². The molecular formula is C8H7N3O3S. The van der Waals surface area contributed by atoms with E-state index in [1.54, 1.807) is 12.1 Å². The van der Waals surface area contributed by atoms with Crippen LogP contribution in [-0.4, -0.2) is 28.4 Å². The number of rotatable bonds is 2. The topological polar surface area (TPSA) is 95.9 Å². The van der Waals surface area contributed by atoms with Crippen molar-refractivity contribution in [3.8, 4) is 11.3 Å². The standard InChI is InChI=1S/C8H7N3O3S/c12-15(13,14)7-3-1-6(2-4-7)8-5-9-11-10-8/h1-5H,(H,9,10,11)(H,12,13,14). The fraction of sp³-hybridized carbons (Fsp3) is 0. The van der Waals surface area contributed by atoms with Crippen molar-refractivity contribution in [2.75, 3.05) is 0 Å². The molecule has 2 N–H and O–H groups in total. The minimum Gasteiger partial charge on any atom is -0.282 e. The number of aromatic nitrogens is 3. The van der Waals surface area contributed by atoms with E-state index >= 15 is 0 Å². The van der Waals surface area contributed by atoms with Crippen LogP contribution in [-0.2, 0) is 10.1 Å². The third-order valence-corrected chi connectivity index (χ3v) is 2.73. The number of hydrogen-bond donors (Lipinski definition) is 2. The second-order valence-corrected chi connectivity index (χ2v) is 4.28. The normalized spacial score (nSPS) is 11.5. The van der Waals surface area contributed by atoms with Crippen molar-refractivity contribution in [2.24, 2.45) is 0 Å². The number of aromatic amines is 1. The molecule has 6 nitrogen and oxygen atoms in total. The fourth-order valence-electron chi connectivity index (χ4n) is 1.14. The van der Waals surface area contributed by atoms with Gasteiger partial charge in [0.05, 0.1) is 11.1 Å². The lowest BCUT2D eigenvalue weighted by Gasteiger charge is -1.98. The van der Waals surface area contributed by atoms with Crippen LogP contribution in [0.4, 0.5) is 0 Å². The Morgan fingerprint density at radius 2 is 1.87 bits per heavy atom. The molecule has 1 heterocycles. The fourth-order valence-corrected chi connectivity index (χ4v) is 1.62. The van der Waals surface area contributed by atoms with E-state index in [1.807, 2.05) is 0 Å². The molecule has 15 heavy (non-hydrogen) atoms. The molecule has 0 bridgehead atoms. The lowest BCUT2D eigenvalue weighted by molar-refractivity contribution is 0.483. The molecule has 0 aliphatic carbocycles. The number of benzene rings is 1. The maximum absolute atomic E-state index is 10.8. The second kappa shape index (κ2) is 3.44. The molecule has 2 aromatic rings. The molecule has 0 aliphatic rings. The maximum atomic E-state index is 10.8. The van der Waals surface area contributed by atoms with Crippen LogP contribution in [0.5, 0.6) is 0 Å². The van der Waals surface area contributed by atoms with Crippen molar-refractivity contribution in [3.63, 3.8) is 0 Å². The molecule has 0 atom stereocenters. The van der Waals surface area contributed by atoms with Gasteiger partial charge in [-0.3, -0.25) is 4.55 Å². The van der Waals surface area contributed by atoms with Gasteiger partial charge in [-0.2, -0.15) is 23.8 Å². The van der Waals surface area contributed by atoms with E-state index in [4.69, 9.17) is 4.55 Å². The zero-order valence-electron chi connectivity index (χ0n) is 7.45. The molecule has 1 aromatic carbocycles. The van der Waals surface area contributed by atoms with Gasteiger partial charge in [-0.05, 0) is 12.1 Å². The molecule has 78 valence electrons. The third-order valence-electron chi connectivity index (χ3n) is 1.86. The molecular weight excluding hydrogens is 218 g/mol. The van der Waals surface area contributed by atoms with Crippen molar-refractivity contribution in [2.45, 2.75) is 4.90 Å². The maximum Gasteiger partial charge on any atom is 0.294 e. The molecule has 0 spiro atoms. The van der Waals surface area contributed by atoms with Crippen molar-refractivity contribution in [3.05, 3.63) is 30.5 Å². The Balaban J connectivity index is 2.42. The number of hydrogen-bond acceptors (Lipinski definition) is 4. The van der Waals surface area contributed by atoms with Gasteiger partial charge in [0, 0.05) is 5.56 Å². The van der Waals surface area contributed by atoms with E-state index < -0.39 is 10.1 Å². The number of H-pyrrole nitrogens is 1. The van der Waals surface area contributed by atoms with Crippen LogP contribution >= 0.6 is 0 Å². The van der Waals surface area contributed by atoms with Crippen molar-refractivity contribution < 1.29 is 13.0 Å². The summed E-state index contributed by atoms with van der Waals surface area (Å²) in [7, 11) is -4.13. The molecule has 0 saturated heterocycles. The summed E-state index contributed by atoms with van der Waals surface area (Å²) in [6.07, 6.45) is 1.52. The van der Waals surface area contributed by atoms with E-state index in [0.717, 1.165) is 5.56 Å². The summed E-state index contributed by atoms with van der Waals surface area (Å²) in [5.74, 6) is 0. The highest BCUT2D eigenvalue weighted by atomic mass is 32.2. The van der Waals surface area contributed by atoms with Crippen LogP contribution in [0.2, 0.25) is 0 Å². The summed E-state index contributed by atoms with van der Waals surface area (Å²) < 4.78 is 30.3. The first kappa shape index (κ1) is 9.81. The van der Waals surface area contributed by atoms with E-state index in [0.29, 0.717) is 5.69 Å². The Morgan fingerprint density at radius 3 is 2.33 bits per heavy atom. The third kappa shape index (κ3) is 2.03. The summed E-state index contributed by atoms with van der Waals surface area (Å²) >= 11 is 0. The minimum atomic E-state index is -4.13. The van der Waals surface area contributed by atoms with E-state index in [2.05, 4.69) is 15.4 Å². The van der Waals surface area contributed by atoms with Crippen LogP contribution in [0.3, 0.4) is 0 Å². The predicted octanol–water partition coefficient (Wildman–Crippen LogP) is 0.718. The highest BCUT2D eigenvalue weighted by molar-refractivity contribution is 7.85. The van der Waals surface area contributed by atoms with Crippen LogP contribution < -0.4 is 0 Å². The zero-order chi connectivity index (χ0) is 10.9. The van der Waals surface area contributed by atoms with Crippen molar-refractivity contribution in [1.82, 2.24) is 15.4 Å². The summed E-state index contributed by atoms with van der Waals surface area (Å²) in [5, 5.41) is 9.90. The summed E-state index contributed by atoms with van der Waals surface area (Å²) in [5.41, 5.74) is 1.33. The van der Waals surface area contributed by atoms with E-state index in [9.17, 15) is 8.42 Å². The lowest BCUT2D eigenvalue weighted by Crippen LogP contribution is -1.97. The molecule has 0 unspecified atom stereocenters. The Labute approximate surface area is 85.7 Å². The second-order valence-electron chi connectivity index (χ2n) is 2.85. The quantitative estimate of drug-likeness (QED) is 0.734. The number of nitrogens with one attached hydrogen (secondary N) is 1. The molecule has 0 fully saturated rings. The monoisotopic (exact) mass is 225 g/mol. The van der Waals surface area contributed by atoms with Gasteiger partial charge in [0.2, 0.25) is 0 Å². The molecule has 0 aliphatic heterocycles. The van der Waals surface area contributed by atoms with Crippen LogP contribution in [0.25, 0.3) is 11.3 Å². The average Bonchev–Trinajstić information content (AvgIpc) is 2.69. The molecule has 7 heteroatoms. The smallest absolute Gasteiger partial charge is 0.282 e. The summed E-state index contributed by atoms with van der Waals surface area (Å²) in [6, 6.07) is 5.70. The highest BCUT2D eigenvalue weighted by Crippen LogP contribution is 2.17. The Bertz CT molecular complexity index is 545. The SMILES string of the molecule is O=S(=O)(O)c1ccc(-c2cn[nH]n2)cc1. The van der Waals surface area contributed by atoms with Crippen LogP contribution in [0.1, 0.15) is 0 Å². The van der Waals surface area contributed by atoms with Gasteiger partial charge in [-0.1, -0.05) is 12.1 Å². The average molecular weight is 225 g/mol. The zero-order valence-corrected chi connectivity index (χ0v) is 8.27. The van der Waals surface area contributed by atoms with Crippen molar-refractivity contribution in [1.29, 1.82) is 0 Å². The first-order valence-corrected chi connectivity index (χ1v) is 5.45. The molecule has 0 saturated carbocycles.